The highest BCUT2D eigenvalue weighted by Gasteiger charge is 2.19. The van der Waals surface area contributed by atoms with Gasteiger partial charge in [-0.05, 0) is 32.7 Å². The van der Waals surface area contributed by atoms with Crippen molar-refractivity contribution in [2.24, 2.45) is 4.99 Å². The minimum absolute atomic E-state index is 0. The molecule has 0 saturated carbocycles. The van der Waals surface area contributed by atoms with Crippen LogP contribution in [0.25, 0.3) is 0 Å². The van der Waals surface area contributed by atoms with E-state index in [2.05, 4.69) is 34.4 Å². The maximum atomic E-state index is 8.84. The average molecular weight is 398 g/mol. The van der Waals surface area contributed by atoms with Crippen LogP contribution < -0.4 is 10.6 Å². The molecule has 1 aliphatic heterocycles. The first-order chi connectivity index (χ1) is 9.30. The lowest BCUT2D eigenvalue weighted by molar-refractivity contribution is 0.203. The Morgan fingerprint density at radius 3 is 2.55 bits per heavy atom. The zero-order valence-corrected chi connectivity index (χ0v) is 15.2. The minimum atomic E-state index is 0. The van der Waals surface area contributed by atoms with Gasteiger partial charge in [-0.15, -0.1) is 24.0 Å². The fourth-order valence-corrected chi connectivity index (χ4v) is 2.36. The highest BCUT2D eigenvalue weighted by Crippen LogP contribution is 2.10. The van der Waals surface area contributed by atoms with Crippen molar-refractivity contribution >= 4 is 29.9 Å². The van der Waals surface area contributed by atoms with Crippen LogP contribution in [0, 0.1) is 0 Å². The molecule has 3 N–H and O–H groups in total. The highest BCUT2D eigenvalue weighted by molar-refractivity contribution is 14.0. The van der Waals surface area contributed by atoms with Crippen molar-refractivity contribution < 1.29 is 5.11 Å². The second-order valence-corrected chi connectivity index (χ2v) is 5.10. The molecule has 0 aliphatic carbocycles. The van der Waals surface area contributed by atoms with Gasteiger partial charge in [-0.2, -0.15) is 0 Å². The van der Waals surface area contributed by atoms with Gasteiger partial charge in [0.1, 0.15) is 0 Å². The summed E-state index contributed by atoms with van der Waals surface area (Å²) in [6.45, 7) is 9.32. The molecule has 0 atom stereocenters. The van der Waals surface area contributed by atoms with E-state index in [4.69, 9.17) is 5.11 Å². The number of guanidine groups is 1. The van der Waals surface area contributed by atoms with Crippen molar-refractivity contribution in [1.29, 1.82) is 0 Å². The van der Waals surface area contributed by atoms with Gasteiger partial charge in [0.2, 0.25) is 0 Å². The van der Waals surface area contributed by atoms with Crippen LogP contribution in [-0.4, -0.2) is 61.3 Å². The summed E-state index contributed by atoms with van der Waals surface area (Å²) < 4.78 is 0. The maximum Gasteiger partial charge on any atom is 0.191 e. The molecule has 1 heterocycles. The topological polar surface area (TPSA) is 59.9 Å². The second kappa shape index (κ2) is 12.6. The van der Waals surface area contributed by atoms with Gasteiger partial charge in [0, 0.05) is 25.7 Å². The van der Waals surface area contributed by atoms with E-state index in [0.717, 1.165) is 12.5 Å². The van der Waals surface area contributed by atoms with Crippen LogP contribution in [0.15, 0.2) is 4.99 Å². The minimum Gasteiger partial charge on any atom is -0.394 e. The van der Waals surface area contributed by atoms with Gasteiger partial charge in [0.05, 0.1) is 13.2 Å². The molecule has 0 aromatic carbocycles. The van der Waals surface area contributed by atoms with Crippen LogP contribution in [0.2, 0.25) is 0 Å². The van der Waals surface area contributed by atoms with E-state index in [0.29, 0.717) is 12.6 Å². The standard InChI is InChI=1S/C14H30N4O.HI/c1-3-5-9-18-10-6-13(7-11-18)17-14(15-4-2)16-8-12-19;/h13,19H,3-12H2,1-2H3,(H2,15,16,17);1H. The Morgan fingerprint density at radius 2 is 2.00 bits per heavy atom. The third kappa shape index (κ3) is 8.26. The zero-order valence-electron chi connectivity index (χ0n) is 12.9. The van der Waals surface area contributed by atoms with Gasteiger partial charge in [0.15, 0.2) is 5.96 Å². The molecule has 1 aliphatic rings. The number of halogens is 1. The summed E-state index contributed by atoms with van der Waals surface area (Å²) in [5.74, 6) is 0.837. The lowest BCUT2D eigenvalue weighted by atomic mass is 10.0. The quantitative estimate of drug-likeness (QED) is 0.345. The Kier molecular flexibility index (Phi) is 12.6. The first-order valence-electron chi connectivity index (χ1n) is 7.68. The van der Waals surface area contributed by atoms with Crippen molar-refractivity contribution in [3.63, 3.8) is 0 Å². The maximum absolute atomic E-state index is 8.84. The van der Waals surface area contributed by atoms with Gasteiger partial charge in [-0.3, -0.25) is 4.99 Å². The molecular weight excluding hydrogens is 367 g/mol. The number of rotatable bonds is 7. The fraction of sp³-hybridized carbons (Fsp3) is 0.929. The SMILES string of the molecule is CCCCN1CCC(NC(=NCCO)NCC)CC1.I. The number of hydrogen-bond donors (Lipinski definition) is 3. The van der Waals surface area contributed by atoms with Crippen molar-refractivity contribution in [2.45, 2.75) is 45.6 Å². The number of nitrogens with one attached hydrogen (secondary N) is 2. The van der Waals surface area contributed by atoms with Crippen molar-refractivity contribution in [3.8, 4) is 0 Å². The molecule has 0 bridgehead atoms. The highest BCUT2D eigenvalue weighted by atomic mass is 127. The lowest BCUT2D eigenvalue weighted by Crippen LogP contribution is -2.48. The Balaban J connectivity index is 0.00000361. The lowest BCUT2D eigenvalue weighted by Gasteiger charge is -2.33. The average Bonchev–Trinajstić information content (AvgIpc) is 2.44. The van der Waals surface area contributed by atoms with E-state index < -0.39 is 0 Å². The Labute approximate surface area is 140 Å². The van der Waals surface area contributed by atoms with Crippen LogP contribution in [0.3, 0.4) is 0 Å². The number of hydrogen-bond acceptors (Lipinski definition) is 3. The number of piperidine rings is 1. The molecule has 1 fully saturated rings. The molecule has 5 nitrogen and oxygen atoms in total. The van der Waals surface area contributed by atoms with E-state index in [1.807, 2.05) is 0 Å². The van der Waals surface area contributed by atoms with Crippen LogP contribution >= 0.6 is 24.0 Å². The van der Waals surface area contributed by atoms with E-state index in [1.165, 1.54) is 45.3 Å². The largest absolute Gasteiger partial charge is 0.394 e. The molecule has 120 valence electrons. The summed E-state index contributed by atoms with van der Waals surface area (Å²) in [5, 5.41) is 15.5. The van der Waals surface area contributed by atoms with Crippen molar-refractivity contribution in [1.82, 2.24) is 15.5 Å². The van der Waals surface area contributed by atoms with Gasteiger partial charge in [-0.25, -0.2) is 0 Å². The van der Waals surface area contributed by atoms with Gasteiger partial charge in [-0.1, -0.05) is 13.3 Å². The molecule has 1 rings (SSSR count). The number of aliphatic imine (C=N–C) groups is 1. The monoisotopic (exact) mass is 398 g/mol. The van der Waals surface area contributed by atoms with Crippen LogP contribution in [0.1, 0.15) is 39.5 Å². The molecule has 0 aromatic heterocycles. The fourth-order valence-electron chi connectivity index (χ4n) is 2.36. The van der Waals surface area contributed by atoms with E-state index in [9.17, 15) is 0 Å². The normalized spacial score (nSPS) is 17.6. The number of aliphatic hydroxyl groups excluding tert-OH is 1. The molecule has 0 unspecified atom stereocenters. The predicted molar refractivity (Wildman–Crippen MR) is 96.0 cm³/mol. The zero-order chi connectivity index (χ0) is 13.9. The summed E-state index contributed by atoms with van der Waals surface area (Å²) in [6.07, 6.45) is 4.93. The van der Waals surface area contributed by atoms with Crippen LogP contribution in [0.4, 0.5) is 0 Å². The predicted octanol–water partition coefficient (Wildman–Crippen LogP) is 1.42. The first-order valence-corrected chi connectivity index (χ1v) is 7.68. The van der Waals surface area contributed by atoms with Crippen molar-refractivity contribution in [3.05, 3.63) is 0 Å². The number of unbranched alkanes of at least 4 members (excludes halogenated alkanes) is 1. The third-order valence-corrected chi connectivity index (χ3v) is 3.47. The summed E-state index contributed by atoms with van der Waals surface area (Å²) in [6, 6.07) is 0.509. The molecule has 0 amide bonds. The van der Waals surface area contributed by atoms with E-state index in [1.54, 1.807) is 0 Å². The Hall–Kier alpha value is -0.0800. The molecule has 20 heavy (non-hydrogen) atoms. The molecule has 1 saturated heterocycles. The molecule has 0 aromatic rings. The summed E-state index contributed by atoms with van der Waals surface area (Å²) in [4.78, 5) is 6.88. The van der Waals surface area contributed by atoms with Gasteiger partial charge >= 0.3 is 0 Å². The molecular formula is C14H31IN4O. The number of nitrogens with zero attached hydrogens (tertiary/aromatic N) is 2. The first kappa shape index (κ1) is 19.9. The van der Waals surface area contributed by atoms with Gasteiger partial charge < -0.3 is 20.6 Å². The summed E-state index contributed by atoms with van der Waals surface area (Å²) in [5.41, 5.74) is 0. The summed E-state index contributed by atoms with van der Waals surface area (Å²) in [7, 11) is 0. The van der Waals surface area contributed by atoms with Crippen LogP contribution in [-0.2, 0) is 0 Å². The number of aliphatic hydroxyl groups is 1. The van der Waals surface area contributed by atoms with Crippen LogP contribution in [0.5, 0.6) is 0 Å². The second-order valence-electron chi connectivity index (χ2n) is 5.10. The molecule has 0 spiro atoms. The Morgan fingerprint density at radius 1 is 1.30 bits per heavy atom. The Bertz CT molecular complexity index is 256. The summed E-state index contributed by atoms with van der Waals surface area (Å²) >= 11 is 0. The number of likely N-dealkylation sites (tertiary alicyclic amines) is 1. The van der Waals surface area contributed by atoms with Crippen molar-refractivity contribution in [2.75, 3.05) is 39.3 Å². The molecule has 6 heteroatoms. The van der Waals surface area contributed by atoms with Gasteiger partial charge in [0.25, 0.3) is 0 Å². The molecule has 0 radical (unpaired) electrons. The third-order valence-electron chi connectivity index (χ3n) is 3.47. The van der Waals surface area contributed by atoms with E-state index in [-0.39, 0.29) is 30.6 Å². The van der Waals surface area contributed by atoms with E-state index >= 15 is 0 Å². The smallest absolute Gasteiger partial charge is 0.191 e.